The highest BCUT2D eigenvalue weighted by atomic mass is 32.2. The molecule has 1 aromatic rings. The third kappa shape index (κ3) is 3.16. The summed E-state index contributed by atoms with van der Waals surface area (Å²) in [6.45, 7) is 3.79. The van der Waals surface area contributed by atoms with Gasteiger partial charge in [-0.2, -0.15) is 17.8 Å². The van der Waals surface area contributed by atoms with Gasteiger partial charge < -0.3 is 4.74 Å². The topological polar surface area (TPSA) is 93.5 Å². The van der Waals surface area contributed by atoms with E-state index in [1.165, 1.54) is 4.31 Å². The number of rotatable bonds is 5. The Bertz CT molecular complexity index is 660. The zero-order valence-corrected chi connectivity index (χ0v) is 13.3. The number of aromatic nitrogens is 2. The second-order valence-corrected chi connectivity index (χ2v) is 7.16. The minimum atomic E-state index is -3.84. The molecule has 3 rings (SSSR count). The van der Waals surface area contributed by atoms with E-state index in [1.807, 2.05) is 6.92 Å². The molecule has 2 aliphatic rings. The van der Waals surface area contributed by atoms with Gasteiger partial charge in [-0.1, -0.05) is 0 Å². The summed E-state index contributed by atoms with van der Waals surface area (Å²) in [5.41, 5.74) is 1.16. The van der Waals surface area contributed by atoms with Gasteiger partial charge in [-0.05, 0) is 25.8 Å². The van der Waals surface area contributed by atoms with E-state index in [0.29, 0.717) is 25.7 Å². The van der Waals surface area contributed by atoms with Crippen LogP contribution in [0.1, 0.15) is 41.9 Å². The van der Waals surface area contributed by atoms with Crippen molar-refractivity contribution in [3.05, 3.63) is 17.5 Å². The van der Waals surface area contributed by atoms with Crippen molar-refractivity contribution in [1.29, 1.82) is 0 Å². The molecule has 1 saturated heterocycles. The van der Waals surface area contributed by atoms with Crippen LogP contribution < -0.4 is 4.72 Å². The molecule has 1 N–H and O–H groups in total. The van der Waals surface area contributed by atoms with E-state index in [4.69, 9.17) is 4.74 Å². The lowest BCUT2D eigenvalue weighted by Gasteiger charge is -2.25. The summed E-state index contributed by atoms with van der Waals surface area (Å²) < 4.78 is 34.6. The third-order valence-electron chi connectivity index (χ3n) is 3.87. The summed E-state index contributed by atoms with van der Waals surface area (Å²) in [4.78, 5) is 12.2. The fourth-order valence-corrected chi connectivity index (χ4v) is 3.62. The first-order valence-corrected chi connectivity index (χ1v) is 8.93. The lowest BCUT2D eigenvalue weighted by Crippen LogP contribution is -2.48. The van der Waals surface area contributed by atoms with Crippen LogP contribution in [0.2, 0.25) is 0 Å². The zero-order chi connectivity index (χ0) is 15.7. The molecule has 0 aromatic carbocycles. The normalized spacial score (nSPS) is 20.0. The summed E-state index contributed by atoms with van der Waals surface area (Å²) in [5.74, 6) is -0.231. The van der Waals surface area contributed by atoms with Crippen LogP contribution >= 0.6 is 0 Å². The number of nitrogens with one attached hydrogen (secondary N) is 1. The van der Waals surface area contributed by atoms with Gasteiger partial charge >= 0.3 is 10.2 Å². The van der Waals surface area contributed by atoms with Gasteiger partial charge in [0.1, 0.15) is 0 Å². The van der Waals surface area contributed by atoms with Crippen molar-refractivity contribution in [1.82, 2.24) is 18.8 Å². The number of nitrogens with zero attached hydrogens (tertiary/aromatic N) is 3. The number of morpholine rings is 1. The molecule has 0 atom stereocenters. The number of hydrogen-bond donors (Lipinski definition) is 1. The minimum absolute atomic E-state index is 0.153. The summed E-state index contributed by atoms with van der Waals surface area (Å²) in [7, 11) is -3.84. The van der Waals surface area contributed by atoms with E-state index < -0.39 is 16.1 Å². The SMILES string of the molecule is CCn1nc(C(=O)NS(=O)(=O)N2CCOCC2)cc1C1CC1. The van der Waals surface area contributed by atoms with Crippen LogP contribution in [-0.4, -0.2) is 54.7 Å². The highest BCUT2D eigenvalue weighted by molar-refractivity contribution is 7.87. The number of ether oxygens (including phenoxy) is 1. The van der Waals surface area contributed by atoms with Crippen molar-refractivity contribution in [3.8, 4) is 0 Å². The Morgan fingerprint density at radius 1 is 1.41 bits per heavy atom. The zero-order valence-electron chi connectivity index (χ0n) is 12.5. The number of amides is 1. The molecule has 0 unspecified atom stereocenters. The minimum Gasteiger partial charge on any atom is -0.379 e. The summed E-state index contributed by atoms with van der Waals surface area (Å²) in [5, 5.41) is 4.22. The molecule has 1 aliphatic heterocycles. The molecule has 2 fully saturated rings. The predicted octanol–water partition coefficient (Wildman–Crippen LogP) is 0.0872. The highest BCUT2D eigenvalue weighted by Gasteiger charge is 2.31. The average molecular weight is 328 g/mol. The predicted molar refractivity (Wildman–Crippen MR) is 78.7 cm³/mol. The molecule has 1 saturated carbocycles. The van der Waals surface area contributed by atoms with E-state index in [2.05, 4.69) is 9.82 Å². The van der Waals surface area contributed by atoms with Crippen LogP contribution in [0.4, 0.5) is 0 Å². The van der Waals surface area contributed by atoms with Gasteiger partial charge in [0.25, 0.3) is 5.91 Å². The molecular weight excluding hydrogens is 308 g/mol. The summed E-state index contributed by atoms with van der Waals surface area (Å²) >= 11 is 0. The fraction of sp³-hybridized carbons (Fsp3) is 0.692. The van der Waals surface area contributed by atoms with Crippen molar-refractivity contribution in [2.45, 2.75) is 32.2 Å². The van der Waals surface area contributed by atoms with Crippen LogP contribution in [-0.2, 0) is 21.5 Å². The maximum Gasteiger partial charge on any atom is 0.304 e. The van der Waals surface area contributed by atoms with E-state index in [1.54, 1.807) is 10.7 Å². The Morgan fingerprint density at radius 3 is 2.68 bits per heavy atom. The van der Waals surface area contributed by atoms with Crippen LogP contribution in [0.15, 0.2) is 6.07 Å². The van der Waals surface area contributed by atoms with Gasteiger partial charge in [0, 0.05) is 31.2 Å². The molecule has 1 amide bonds. The summed E-state index contributed by atoms with van der Waals surface area (Å²) in [6.07, 6.45) is 2.19. The van der Waals surface area contributed by atoms with Crippen LogP contribution in [0.25, 0.3) is 0 Å². The van der Waals surface area contributed by atoms with Crippen molar-refractivity contribution in [3.63, 3.8) is 0 Å². The van der Waals surface area contributed by atoms with Crippen molar-refractivity contribution in [2.75, 3.05) is 26.3 Å². The summed E-state index contributed by atoms with van der Waals surface area (Å²) in [6, 6.07) is 1.70. The highest BCUT2D eigenvalue weighted by Crippen LogP contribution is 2.40. The number of hydrogen-bond acceptors (Lipinski definition) is 5. The van der Waals surface area contributed by atoms with Crippen molar-refractivity contribution < 1.29 is 17.9 Å². The molecule has 1 aromatic heterocycles. The van der Waals surface area contributed by atoms with Crippen molar-refractivity contribution in [2.24, 2.45) is 0 Å². The molecule has 0 bridgehead atoms. The Labute approximate surface area is 129 Å². The maximum atomic E-state index is 12.2. The number of aryl methyl sites for hydroxylation is 1. The first kappa shape index (κ1) is 15.4. The largest absolute Gasteiger partial charge is 0.379 e. The number of carbonyl (C=O) groups is 1. The maximum absolute atomic E-state index is 12.2. The quantitative estimate of drug-likeness (QED) is 0.826. The van der Waals surface area contributed by atoms with Gasteiger partial charge in [-0.25, -0.2) is 4.72 Å². The second kappa shape index (κ2) is 5.98. The molecule has 122 valence electrons. The molecule has 1 aliphatic carbocycles. The Kier molecular flexibility index (Phi) is 4.20. The lowest BCUT2D eigenvalue weighted by atomic mass is 10.2. The third-order valence-corrected chi connectivity index (χ3v) is 5.36. The molecular formula is C13H20N4O4S. The Morgan fingerprint density at radius 2 is 2.09 bits per heavy atom. The number of carbonyl (C=O) groups excluding carboxylic acids is 1. The first-order valence-electron chi connectivity index (χ1n) is 7.49. The van der Waals surface area contributed by atoms with Crippen LogP contribution in [0, 0.1) is 0 Å². The Balaban J connectivity index is 1.73. The van der Waals surface area contributed by atoms with Gasteiger partial charge in [-0.3, -0.25) is 9.48 Å². The average Bonchev–Trinajstić information content (AvgIpc) is 3.26. The van der Waals surface area contributed by atoms with Crippen LogP contribution in [0.3, 0.4) is 0 Å². The van der Waals surface area contributed by atoms with Gasteiger partial charge in [0.2, 0.25) is 0 Å². The molecule has 22 heavy (non-hydrogen) atoms. The van der Waals surface area contributed by atoms with Crippen molar-refractivity contribution >= 4 is 16.1 Å². The molecule has 8 nitrogen and oxygen atoms in total. The van der Waals surface area contributed by atoms with E-state index in [9.17, 15) is 13.2 Å². The molecule has 0 radical (unpaired) electrons. The molecule has 9 heteroatoms. The standard InChI is InChI=1S/C13H20N4O4S/c1-2-17-12(10-3-4-10)9-11(14-17)13(18)15-22(19,20)16-5-7-21-8-6-16/h9-10H,2-8H2,1H3,(H,15,18). The smallest absolute Gasteiger partial charge is 0.304 e. The van der Waals surface area contributed by atoms with E-state index >= 15 is 0 Å². The second-order valence-electron chi connectivity index (χ2n) is 5.49. The van der Waals surface area contributed by atoms with Crippen LogP contribution in [0.5, 0.6) is 0 Å². The lowest BCUT2D eigenvalue weighted by molar-refractivity contribution is 0.0718. The van der Waals surface area contributed by atoms with Gasteiger partial charge in [-0.15, -0.1) is 0 Å². The first-order chi connectivity index (χ1) is 10.5. The molecule has 2 heterocycles. The Hall–Kier alpha value is -1.45. The van der Waals surface area contributed by atoms with E-state index in [-0.39, 0.29) is 18.8 Å². The van der Waals surface area contributed by atoms with E-state index in [0.717, 1.165) is 18.5 Å². The monoisotopic (exact) mass is 328 g/mol. The molecule has 0 spiro atoms. The van der Waals surface area contributed by atoms with Gasteiger partial charge in [0.15, 0.2) is 5.69 Å². The van der Waals surface area contributed by atoms with Gasteiger partial charge in [0.05, 0.1) is 13.2 Å². The fourth-order valence-electron chi connectivity index (χ4n) is 2.52.